The number of aliphatic carboxylic acids is 3. The van der Waals surface area contributed by atoms with Gasteiger partial charge in [-0.15, -0.1) is 0 Å². The van der Waals surface area contributed by atoms with Gasteiger partial charge in [-0.3, -0.25) is 14.4 Å². The molecule has 0 aromatic carbocycles. The molecular weight excluding hydrogens is 542 g/mol. The van der Waals surface area contributed by atoms with E-state index in [9.17, 15) is 14.4 Å². The van der Waals surface area contributed by atoms with Crippen LogP contribution in [0.25, 0.3) is 0 Å². The number of carbonyl (C=O) groups is 3. The molecule has 0 fully saturated rings. The van der Waals surface area contributed by atoms with Crippen molar-refractivity contribution in [2.45, 2.75) is 174 Å². The van der Waals surface area contributed by atoms with Crippen molar-refractivity contribution < 1.29 is 34.2 Å². The number of carboxylic acids is 3. The Morgan fingerprint density at radius 3 is 1.00 bits per heavy atom. The van der Waals surface area contributed by atoms with E-state index in [0.29, 0.717) is 19.3 Å². The van der Waals surface area contributed by atoms with Crippen LogP contribution in [0.2, 0.25) is 0 Å². The van der Waals surface area contributed by atoms with Crippen LogP contribution in [0.3, 0.4) is 0 Å². The third kappa shape index (κ3) is 29.9. The fourth-order valence-corrected chi connectivity index (χ4v) is 6.13. The highest BCUT2D eigenvalue weighted by molar-refractivity contribution is 5.67. The van der Waals surface area contributed by atoms with Gasteiger partial charge in [0.05, 0.1) is 26.2 Å². The Morgan fingerprint density at radius 1 is 0.419 bits per heavy atom. The Bertz CT molecular complexity index is 653. The number of hydrogen-bond donors (Lipinski definition) is 3. The Balaban J connectivity index is 4.26. The first-order valence-corrected chi connectivity index (χ1v) is 18.0. The summed E-state index contributed by atoms with van der Waals surface area (Å²) in [4.78, 5) is 33.0. The van der Waals surface area contributed by atoms with E-state index in [1.54, 1.807) is 0 Å². The van der Waals surface area contributed by atoms with Crippen LogP contribution < -0.4 is 0 Å². The molecule has 0 unspecified atom stereocenters. The number of nitrogens with zero attached hydrogens (tertiary/aromatic N) is 1. The van der Waals surface area contributed by atoms with Crippen molar-refractivity contribution in [3.8, 4) is 0 Å². The van der Waals surface area contributed by atoms with Crippen molar-refractivity contribution in [1.29, 1.82) is 0 Å². The van der Waals surface area contributed by atoms with Crippen molar-refractivity contribution in [2.75, 3.05) is 26.2 Å². The van der Waals surface area contributed by atoms with E-state index in [1.807, 2.05) is 0 Å². The summed E-state index contributed by atoms with van der Waals surface area (Å²) in [7, 11) is 0. The summed E-state index contributed by atoms with van der Waals surface area (Å²) < 4.78 is 0.870. The van der Waals surface area contributed by atoms with E-state index in [4.69, 9.17) is 15.3 Å². The largest absolute Gasteiger partial charge is 0.481 e. The molecule has 0 radical (unpaired) electrons. The number of allylic oxidation sites excluding steroid dienone is 2. The first kappa shape index (κ1) is 41.1. The molecule has 0 spiro atoms. The highest BCUT2D eigenvalue weighted by atomic mass is 16.4. The summed E-state index contributed by atoms with van der Waals surface area (Å²) >= 11 is 0. The minimum absolute atomic E-state index is 0.176. The van der Waals surface area contributed by atoms with Crippen LogP contribution in [-0.2, 0) is 14.4 Å². The molecule has 0 aliphatic carbocycles. The van der Waals surface area contributed by atoms with E-state index in [2.05, 4.69) is 19.1 Å². The fraction of sp³-hybridized carbons (Fsp3) is 0.861. The van der Waals surface area contributed by atoms with Gasteiger partial charge in [-0.25, -0.2) is 0 Å². The lowest BCUT2D eigenvalue weighted by Crippen LogP contribution is -2.51. The molecule has 7 heteroatoms. The van der Waals surface area contributed by atoms with Crippen molar-refractivity contribution in [3.63, 3.8) is 0 Å². The minimum Gasteiger partial charge on any atom is -0.481 e. The molecule has 3 N–H and O–H groups in total. The topological polar surface area (TPSA) is 112 Å². The summed E-state index contributed by atoms with van der Waals surface area (Å²) in [6.45, 7) is 5.89. The number of quaternary nitrogens is 1. The molecule has 0 atom stereocenters. The van der Waals surface area contributed by atoms with Crippen molar-refractivity contribution in [2.24, 2.45) is 0 Å². The molecule has 0 heterocycles. The Labute approximate surface area is 264 Å². The lowest BCUT2D eigenvalue weighted by atomic mass is 10.0. The zero-order chi connectivity index (χ0) is 31.9. The van der Waals surface area contributed by atoms with Crippen LogP contribution in [0.4, 0.5) is 0 Å². The summed E-state index contributed by atoms with van der Waals surface area (Å²) in [5.41, 5.74) is 0. The van der Waals surface area contributed by atoms with E-state index in [1.165, 1.54) is 96.3 Å². The maximum absolute atomic E-state index is 11.0. The predicted molar refractivity (Wildman–Crippen MR) is 177 cm³/mol. The number of rotatable bonds is 34. The Kier molecular flexibility index (Phi) is 28.8. The first-order valence-electron chi connectivity index (χ1n) is 18.0. The second-order valence-electron chi connectivity index (χ2n) is 12.8. The summed E-state index contributed by atoms with van der Waals surface area (Å²) in [5, 5.41) is 27.2. The number of unbranched alkanes of at least 4 members (excludes halogenated alkanes) is 18. The van der Waals surface area contributed by atoms with Crippen LogP contribution in [0.1, 0.15) is 174 Å². The van der Waals surface area contributed by atoms with Gasteiger partial charge in [0.1, 0.15) is 0 Å². The first-order chi connectivity index (χ1) is 20.8. The number of hydrogen-bond acceptors (Lipinski definition) is 3. The molecular formula is C36H68NO6+. The second kappa shape index (κ2) is 30.1. The van der Waals surface area contributed by atoms with Crippen molar-refractivity contribution in [3.05, 3.63) is 12.2 Å². The summed E-state index contributed by atoms with van der Waals surface area (Å²) in [6.07, 6.45) is 31.8. The van der Waals surface area contributed by atoms with Crippen molar-refractivity contribution >= 4 is 17.9 Å². The Hall–Kier alpha value is -1.89. The molecule has 0 amide bonds. The molecule has 252 valence electrons. The van der Waals surface area contributed by atoms with Gasteiger partial charge in [0.25, 0.3) is 0 Å². The molecule has 0 aliphatic heterocycles. The number of carboxylic acid groups (broad SMARTS) is 3. The Morgan fingerprint density at radius 2 is 0.698 bits per heavy atom. The van der Waals surface area contributed by atoms with Crippen molar-refractivity contribution in [1.82, 2.24) is 0 Å². The zero-order valence-corrected chi connectivity index (χ0v) is 27.9. The van der Waals surface area contributed by atoms with Gasteiger partial charge in [0, 0.05) is 19.3 Å². The highest BCUT2D eigenvalue weighted by Crippen LogP contribution is 2.20. The quantitative estimate of drug-likeness (QED) is 0.0380. The van der Waals surface area contributed by atoms with Gasteiger partial charge in [0.15, 0.2) is 0 Å². The van der Waals surface area contributed by atoms with E-state index in [-0.39, 0.29) is 19.3 Å². The zero-order valence-electron chi connectivity index (χ0n) is 27.9. The molecule has 0 rings (SSSR count). The third-order valence-electron chi connectivity index (χ3n) is 8.72. The highest BCUT2D eigenvalue weighted by Gasteiger charge is 2.26. The summed E-state index contributed by atoms with van der Waals surface area (Å²) in [5.74, 6) is -2.30. The molecule has 0 aromatic heterocycles. The van der Waals surface area contributed by atoms with Gasteiger partial charge in [-0.1, -0.05) is 96.1 Å². The molecule has 0 aromatic rings. The second-order valence-corrected chi connectivity index (χ2v) is 12.8. The van der Waals surface area contributed by atoms with Gasteiger partial charge in [-0.05, 0) is 70.6 Å². The molecule has 0 saturated heterocycles. The average molecular weight is 611 g/mol. The molecule has 7 nitrogen and oxygen atoms in total. The average Bonchev–Trinajstić information content (AvgIpc) is 2.96. The minimum atomic E-state index is -0.766. The maximum Gasteiger partial charge on any atom is 0.303 e. The normalized spacial score (nSPS) is 11.8. The fourth-order valence-electron chi connectivity index (χ4n) is 6.13. The molecule has 0 saturated carbocycles. The molecule has 0 aliphatic rings. The van der Waals surface area contributed by atoms with Gasteiger partial charge in [-0.2, -0.15) is 0 Å². The van der Waals surface area contributed by atoms with Crippen LogP contribution in [-0.4, -0.2) is 63.9 Å². The van der Waals surface area contributed by atoms with Crippen LogP contribution in [0.5, 0.6) is 0 Å². The SMILES string of the molecule is CC/C=C/CCCCCCCCCCCCCCCCC[N+](CCCCC(=O)O)(CCCCC(=O)O)CCCCC(=O)O. The monoisotopic (exact) mass is 611 g/mol. The molecule has 43 heavy (non-hydrogen) atoms. The van der Waals surface area contributed by atoms with Gasteiger partial charge >= 0.3 is 17.9 Å². The van der Waals surface area contributed by atoms with E-state index >= 15 is 0 Å². The standard InChI is InChI=1S/C36H67NO6/c1-2-3-4-5-6-7-8-9-10-11-12-13-14-15-16-17-18-19-23-30-37(31-24-20-27-34(38)39,32-25-21-28-35(40)41)33-26-22-29-36(42)43/h3-4H,2,5-33H2,1H3,(H2-,38,39,40,41,42,43)/p+1/b4-3+. The van der Waals surface area contributed by atoms with Crippen LogP contribution >= 0.6 is 0 Å². The van der Waals surface area contributed by atoms with E-state index in [0.717, 1.165) is 62.8 Å². The van der Waals surface area contributed by atoms with Crippen LogP contribution in [0.15, 0.2) is 12.2 Å². The maximum atomic E-state index is 11.0. The van der Waals surface area contributed by atoms with Gasteiger partial charge < -0.3 is 19.8 Å². The predicted octanol–water partition coefficient (Wildman–Crippen LogP) is 9.78. The third-order valence-corrected chi connectivity index (χ3v) is 8.72. The van der Waals surface area contributed by atoms with E-state index < -0.39 is 17.9 Å². The van der Waals surface area contributed by atoms with Gasteiger partial charge in [0.2, 0.25) is 0 Å². The lowest BCUT2D eigenvalue weighted by molar-refractivity contribution is -0.929. The smallest absolute Gasteiger partial charge is 0.303 e. The van der Waals surface area contributed by atoms with Crippen LogP contribution in [0, 0.1) is 0 Å². The summed E-state index contributed by atoms with van der Waals surface area (Å²) in [6, 6.07) is 0. The lowest BCUT2D eigenvalue weighted by Gasteiger charge is -2.39. The molecule has 0 bridgehead atoms.